The normalized spacial score (nSPS) is 10.5. The zero-order valence-electron chi connectivity index (χ0n) is 15.1. The van der Waals surface area contributed by atoms with Gasteiger partial charge in [-0.1, -0.05) is 0 Å². The quantitative estimate of drug-likeness (QED) is 0.569. The number of carbonyl (C=O) groups excluding carboxylic acids is 2. The van der Waals surface area contributed by atoms with Gasteiger partial charge in [0.2, 0.25) is 0 Å². The SMILES string of the molecule is COC(=O)c1c(C)cc(OC(=O)c2c(C)cc(O)c(C)c2O)c(C)c1O. The number of esters is 2. The number of methoxy groups -OCH3 is 1. The molecule has 0 spiro atoms. The van der Waals surface area contributed by atoms with Crippen molar-refractivity contribution in [3.63, 3.8) is 0 Å². The molecule has 0 radical (unpaired) electrons. The number of phenols is 3. The van der Waals surface area contributed by atoms with Crippen molar-refractivity contribution in [2.45, 2.75) is 27.7 Å². The van der Waals surface area contributed by atoms with E-state index in [1.807, 2.05) is 0 Å². The summed E-state index contributed by atoms with van der Waals surface area (Å²) in [5, 5.41) is 30.1. The van der Waals surface area contributed by atoms with Gasteiger partial charge in [0.15, 0.2) is 0 Å². The van der Waals surface area contributed by atoms with Crippen LogP contribution in [0.1, 0.15) is 43.0 Å². The lowest BCUT2D eigenvalue weighted by Crippen LogP contribution is -2.13. The van der Waals surface area contributed by atoms with Gasteiger partial charge in [-0.25, -0.2) is 9.59 Å². The third-order valence-electron chi connectivity index (χ3n) is 4.22. The van der Waals surface area contributed by atoms with E-state index in [9.17, 15) is 24.9 Å². The van der Waals surface area contributed by atoms with Gasteiger partial charge in [0.05, 0.1) is 7.11 Å². The van der Waals surface area contributed by atoms with Crippen LogP contribution in [0.2, 0.25) is 0 Å². The molecule has 0 heterocycles. The van der Waals surface area contributed by atoms with E-state index in [-0.39, 0.29) is 45.3 Å². The summed E-state index contributed by atoms with van der Waals surface area (Å²) in [6.45, 7) is 6.06. The van der Waals surface area contributed by atoms with Crippen LogP contribution in [0, 0.1) is 27.7 Å². The van der Waals surface area contributed by atoms with E-state index in [1.54, 1.807) is 13.8 Å². The first-order chi connectivity index (χ1) is 12.1. The van der Waals surface area contributed by atoms with Crippen LogP contribution in [0.15, 0.2) is 12.1 Å². The van der Waals surface area contributed by atoms with Crippen LogP contribution in [0.5, 0.6) is 23.0 Å². The lowest BCUT2D eigenvalue weighted by Gasteiger charge is -2.15. The number of aryl methyl sites for hydroxylation is 2. The first-order valence-electron chi connectivity index (χ1n) is 7.75. The average Bonchev–Trinajstić information content (AvgIpc) is 2.57. The molecule has 138 valence electrons. The highest BCUT2D eigenvalue weighted by Gasteiger charge is 2.24. The second kappa shape index (κ2) is 6.95. The van der Waals surface area contributed by atoms with Gasteiger partial charge in [-0.05, 0) is 51.0 Å². The molecular weight excluding hydrogens is 340 g/mol. The molecule has 0 aliphatic rings. The van der Waals surface area contributed by atoms with E-state index in [2.05, 4.69) is 4.74 Å². The van der Waals surface area contributed by atoms with Gasteiger partial charge in [-0.3, -0.25) is 0 Å². The molecule has 0 aliphatic heterocycles. The van der Waals surface area contributed by atoms with Crippen molar-refractivity contribution >= 4 is 11.9 Å². The Labute approximate surface area is 150 Å². The van der Waals surface area contributed by atoms with Crippen LogP contribution in [-0.2, 0) is 4.74 Å². The van der Waals surface area contributed by atoms with Crippen LogP contribution in [-0.4, -0.2) is 34.4 Å². The number of phenolic OH excluding ortho intramolecular Hbond substituents is 3. The number of hydrogen-bond donors (Lipinski definition) is 3. The van der Waals surface area contributed by atoms with Gasteiger partial charge < -0.3 is 24.8 Å². The standard InChI is InChI=1S/C19H20O7/c1-8-6-12(20)10(3)16(21)15(8)19(24)26-13-7-9(2)14(18(23)25-5)17(22)11(13)4/h6-7,20-22H,1-5H3. The van der Waals surface area contributed by atoms with Crippen molar-refractivity contribution < 1.29 is 34.4 Å². The van der Waals surface area contributed by atoms with E-state index in [1.165, 1.54) is 33.1 Å². The Hall–Kier alpha value is -3.22. The maximum atomic E-state index is 12.5. The number of carbonyl (C=O) groups is 2. The minimum absolute atomic E-state index is 0.00990. The molecule has 2 rings (SSSR count). The molecule has 0 unspecified atom stereocenters. The molecule has 0 bridgehead atoms. The Morgan fingerprint density at radius 1 is 0.808 bits per heavy atom. The Kier molecular flexibility index (Phi) is 5.11. The molecule has 0 saturated carbocycles. The predicted octanol–water partition coefficient (Wildman–Crippen LogP) is 3.04. The van der Waals surface area contributed by atoms with Gasteiger partial charge in [-0.15, -0.1) is 0 Å². The van der Waals surface area contributed by atoms with Crippen molar-refractivity contribution in [1.82, 2.24) is 0 Å². The monoisotopic (exact) mass is 360 g/mol. The van der Waals surface area contributed by atoms with Crippen molar-refractivity contribution in [2.24, 2.45) is 0 Å². The molecule has 26 heavy (non-hydrogen) atoms. The minimum Gasteiger partial charge on any atom is -0.508 e. The lowest BCUT2D eigenvalue weighted by atomic mass is 10.0. The summed E-state index contributed by atoms with van der Waals surface area (Å²) in [4.78, 5) is 24.3. The maximum absolute atomic E-state index is 12.5. The molecule has 0 amide bonds. The Bertz CT molecular complexity index is 913. The maximum Gasteiger partial charge on any atom is 0.347 e. The van der Waals surface area contributed by atoms with E-state index in [4.69, 9.17) is 4.74 Å². The second-order valence-electron chi connectivity index (χ2n) is 5.98. The van der Waals surface area contributed by atoms with E-state index in [0.717, 1.165) is 0 Å². The summed E-state index contributed by atoms with van der Waals surface area (Å²) in [5.74, 6) is -2.37. The lowest BCUT2D eigenvalue weighted by molar-refractivity contribution is 0.0596. The molecule has 3 N–H and O–H groups in total. The predicted molar refractivity (Wildman–Crippen MR) is 93.1 cm³/mol. The summed E-state index contributed by atoms with van der Waals surface area (Å²) >= 11 is 0. The fourth-order valence-electron chi connectivity index (χ4n) is 2.62. The average molecular weight is 360 g/mol. The molecule has 0 atom stereocenters. The Morgan fingerprint density at radius 3 is 1.88 bits per heavy atom. The molecule has 0 fully saturated rings. The molecule has 0 saturated heterocycles. The third kappa shape index (κ3) is 3.15. The fourth-order valence-corrected chi connectivity index (χ4v) is 2.62. The number of benzene rings is 2. The summed E-state index contributed by atoms with van der Waals surface area (Å²) in [5.41, 5.74) is 0.931. The number of ether oxygens (including phenoxy) is 2. The fraction of sp³-hybridized carbons (Fsp3) is 0.263. The van der Waals surface area contributed by atoms with Crippen LogP contribution in [0.25, 0.3) is 0 Å². The Morgan fingerprint density at radius 2 is 1.31 bits per heavy atom. The smallest absolute Gasteiger partial charge is 0.347 e. The number of aromatic hydroxyl groups is 3. The zero-order chi connectivity index (χ0) is 19.8. The van der Waals surface area contributed by atoms with Crippen molar-refractivity contribution in [2.75, 3.05) is 7.11 Å². The van der Waals surface area contributed by atoms with Crippen molar-refractivity contribution in [3.05, 3.63) is 45.5 Å². The zero-order valence-corrected chi connectivity index (χ0v) is 15.1. The molecular formula is C19H20O7. The summed E-state index contributed by atoms with van der Waals surface area (Å²) < 4.78 is 9.96. The first-order valence-corrected chi connectivity index (χ1v) is 7.75. The Balaban J connectivity index is 2.49. The summed E-state index contributed by atoms with van der Waals surface area (Å²) in [6, 6.07) is 2.78. The molecule has 7 heteroatoms. The van der Waals surface area contributed by atoms with Gasteiger partial charge in [0.1, 0.15) is 34.1 Å². The number of hydrogen-bond acceptors (Lipinski definition) is 7. The molecule has 0 aromatic heterocycles. The number of rotatable bonds is 3. The highest BCUT2D eigenvalue weighted by atomic mass is 16.5. The van der Waals surface area contributed by atoms with Crippen LogP contribution >= 0.6 is 0 Å². The highest BCUT2D eigenvalue weighted by molar-refractivity contribution is 5.98. The molecule has 7 nitrogen and oxygen atoms in total. The van der Waals surface area contributed by atoms with Crippen molar-refractivity contribution in [3.8, 4) is 23.0 Å². The molecule has 2 aromatic rings. The second-order valence-corrected chi connectivity index (χ2v) is 5.98. The van der Waals surface area contributed by atoms with Crippen molar-refractivity contribution in [1.29, 1.82) is 0 Å². The highest BCUT2D eigenvalue weighted by Crippen LogP contribution is 2.36. The summed E-state index contributed by atoms with van der Waals surface area (Å²) in [7, 11) is 1.20. The minimum atomic E-state index is -0.851. The molecule has 2 aromatic carbocycles. The third-order valence-corrected chi connectivity index (χ3v) is 4.22. The van der Waals surface area contributed by atoms with Gasteiger partial charge >= 0.3 is 11.9 Å². The van der Waals surface area contributed by atoms with Crippen LogP contribution in [0.4, 0.5) is 0 Å². The van der Waals surface area contributed by atoms with Crippen LogP contribution in [0.3, 0.4) is 0 Å². The van der Waals surface area contributed by atoms with Gasteiger partial charge in [0.25, 0.3) is 0 Å². The van der Waals surface area contributed by atoms with E-state index >= 15 is 0 Å². The topological polar surface area (TPSA) is 113 Å². The van der Waals surface area contributed by atoms with Crippen LogP contribution < -0.4 is 4.74 Å². The molecule has 0 aliphatic carbocycles. The van der Waals surface area contributed by atoms with E-state index < -0.39 is 11.9 Å². The van der Waals surface area contributed by atoms with Gasteiger partial charge in [-0.2, -0.15) is 0 Å². The van der Waals surface area contributed by atoms with Gasteiger partial charge in [0, 0.05) is 11.1 Å². The van der Waals surface area contributed by atoms with E-state index in [0.29, 0.717) is 11.1 Å². The largest absolute Gasteiger partial charge is 0.508 e. The first kappa shape index (κ1) is 19.1. The summed E-state index contributed by atoms with van der Waals surface area (Å²) in [6.07, 6.45) is 0.